The molecule has 2 N–H and O–H groups in total. The van der Waals surface area contributed by atoms with E-state index >= 15 is 0 Å². The van der Waals surface area contributed by atoms with Crippen molar-refractivity contribution in [2.24, 2.45) is 0 Å². The maximum atomic E-state index is 12.0. The van der Waals surface area contributed by atoms with Gasteiger partial charge in [-0.05, 0) is 24.6 Å². The molecule has 0 unspecified atom stereocenters. The average molecular weight is 316 g/mol. The summed E-state index contributed by atoms with van der Waals surface area (Å²) < 4.78 is 0. The van der Waals surface area contributed by atoms with Gasteiger partial charge in [0.1, 0.15) is 0 Å². The second-order valence-corrected chi connectivity index (χ2v) is 5.39. The first-order valence-electron chi connectivity index (χ1n) is 6.25. The summed E-state index contributed by atoms with van der Waals surface area (Å²) in [7, 11) is 0. The summed E-state index contributed by atoms with van der Waals surface area (Å²) in [6, 6.07) is 3.19. The molecule has 0 aliphatic carbocycles. The van der Waals surface area contributed by atoms with Gasteiger partial charge >= 0.3 is 11.8 Å². The van der Waals surface area contributed by atoms with Gasteiger partial charge in [-0.3, -0.25) is 9.59 Å². The first kappa shape index (κ1) is 15.1. The molecule has 7 heteroatoms. The molecule has 2 rings (SSSR count). The molecule has 0 spiro atoms. The number of nitrogens with zero attached hydrogens (tertiary/aromatic N) is 1. The summed E-state index contributed by atoms with van der Waals surface area (Å²) in [5.41, 5.74) is 1.15. The largest absolute Gasteiger partial charge is 0.332 e. The van der Waals surface area contributed by atoms with E-state index in [2.05, 4.69) is 10.6 Å². The van der Waals surface area contributed by atoms with Crippen LogP contribution in [0.15, 0.2) is 12.1 Å². The van der Waals surface area contributed by atoms with Gasteiger partial charge in [0.25, 0.3) is 0 Å². The Morgan fingerprint density at radius 3 is 2.50 bits per heavy atom. The molecule has 1 saturated heterocycles. The van der Waals surface area contributed by atoms with Crippen molar-refractivity contribution in [3.63, 3.8) is 0 Å². The number of hydrogen-bond donors (Lipinski definition) is 2. The summed E-state index contributed by atoms with van der Waals surface area (Å²) in [6.07, 6.45) is 0. The van der Waals surface area contributed by atoms with E-state index in [9.17, 15) is 9.59 Å². The SMILES string of the molecule is Cc1cc(Cl)c(NC(=O)C(=O)N2CCNCC2)cc1Cl. The van der Waals surface area contributed by atoms with Crippen LogP contribution in [-0.4, -0.2) is 42.9 Å². The average Bonchev–Trinajstić information content (AvgIpc) is 2.44. The van der Waals surface area contributed by atoms with Crippen molar-refractivity contribution in [1.29, 1.82) is 0 Å². The fourth-order valence-corrected chi connectivity index (χ4v) is 2.36. The van der Waals surface area contributed by atoms with Crippen LogP contribution in [0.4, 0.5) is 5.69 Å². The zero-order valence-electron chi connectivity index (χ0n) is 11.0. The van der Waals surface area contributed by atoms with Crippen LogP contribution in [0.2, 0.25) is 10.0 Å². The number of aryl methyl sites for hydroxylation is 1. The first-order valence-corrected chi connectivity index (χ1v) is 7.01. The molecular formula is C13H15Cl2N3O2. The van der Waals surface area contributed by atoms with Crippen LogP contribution < -0.4 is 10.6 Å². The van der Waals surface area contributed by atoms with Crippen molar-refractivity contribution in [2.45, 2.75) is 6.92 Å². The predicted molar refractivity (Wildman–Crippen MR) is 79.3 cm³/mol. The number of nitrogens with one attached hydrogen (secondary N) is 2. The Kier molecular flexibility index (Phi) is 4.86. The number of amides is 2. The van der Waals surface area contributed by atoms with Gasteiger partial charge in [0.2, 0.25) is 0 Å². The lowest BCUT2D eigenvalue weighted by atomic mass is 10.2. The Morgan fingerprint density at radius 2 is 1.85 bits per heavy atom. The van der Waals surface area contributed by atoms with E-state index in [1.54, 1.807) is 12.1 Å². The van der Waals surface area contributed by atoms with Crippen molar-refractivity contribution in [1.82, 2.24) is 10.2 Å². The molecule has 0 radical (unpaired) electrons. The van der Waals surface area contributed by atoms with Crippen LogP contribution in [0, 0.1) is 6.92 Å². The Morgan fingerprint density at radius 1 is 1.20 bits per heavy atom. The molecular weight excluding hydrogens is 301 g/mol. The zero-order chi connectivity index (χ0) is 14.7. The van der Waals surface area contributed by atoms with E-state index < -0.39 is 11.8 Å². The lowest BCUT2D eigenvalue weighted by Crippen LogP contribution is -2.49. The first-order chi connectivity index (χ1) is 9.49. The molecule has 0 saturated carbocycles. The topological polar surface area (TPSA) is 61.4 Å². The summed E-state index contributed by atoms with van der Waals surface area (Å²) >= 11 is 12.0. The van der Waals surface area contributed by atoms with Gasteiger partial charge in [-0.2, -0.15) is 0 Å². The maximum Gasteiger partial charge on any atom is 0.313 e. The number of anilines is 1. The Bertz CT molecular complexity index is 543. The van der Waals surface area contributed by atoms with E-state index in [0.717, 1.165) is 5.56 Å². The van der Waals surface area contributed by atoms with Gasteiger partial charge in [-0.15, -0.1) is 0 Å². The number of hydrogen-bond acceptors (Lipinski definition) is 3. The van der Waals surface area contributed by atoms with Gasteiger partial charge in [-0.1, -0.05) is 23.2 Å². The van der Waals surface area contributed by atoms with Gasteiger partial charge in [-0.25, -0.2) is 0 Å². The summed E-state index contributed by atoms with van der Waals surface area (Å²) in [6.45, 7) is 4.24. The predicted octanol–water partition coefficient (Wildman–Crippen LogP) is 1.67. The van der Waals surface area contributed by atoms with Crippen LogP contribution in [0.3, 0.4) is 0 Å². The minimum Gasteiger partial charge on any atom is -0.332 e. The van der Waals surface area contributed by atoms with Crippen LogP contribution >= 0.6 is 23.2 Å². The fraction of sp³-hybridized carbons (Fsp3) is 0.385. The molecule has 20 heavy (non-hydrogen) atoms. The Labute approximate surface area is 127 Å². The van der Waals surface area contributed by atoms with Gasteiger partial charge in [0, 0.05) is 31.2 Å². The third-order valence-corrected chi connectivity index (χ3v) is 3.81. The lowest BCUT2D eigenvalue weighted by Gasteiger charge is -2.26. The second-order valence-electron chi connectivity index (χ2n) is 4.58. The summed E-state index contributed by atoms with van der Waals surface area (Å²) in [5, 5.41) is 6.47. The highest BCUT2D eigenvalue weighted by Crippen LogP contribution is 2.28. The fourth-order valence-electron chi connectivity index (χ4n) is 1.93. The Hall–Kier alpha value is -1.30. The standard InChI is InChI=1S/C13H15Cl2N3O2/c1-8-6-10(15)11(7-9(8)14)17-12(19)13(20)18-4-2-16-3-5-18/h6-7,16H,2-5H2,1H3,(H,17,19). The minimum absolute atomic E-state index is 0.343. The van der Waals surface area contributed by atoms with Crippen molar-refractivity contribution < 1.29 is 9.59 Å². The third kappa shape index (κ3) is 3.42. The second kappa shape index (κ2) is 6.43. The molecule has 1 heterocycles. The number of piperazine rings is 1. The van der Waals surface area contributed by atoms with Crippen LogP contribution in [0.5, 0.6) is 0 Å². The van der Waals surface area contributed by atoms with E-state index in [1.807, 2.05) is 6.92 Å². The van der Waals surface area contributed by atoms with E-state index in [1.165, 1.54) is 4.90 Å². The summed E-state index contributed by atoms with van der Waals surface area (Å²) in [5.74, 6) is -1.26. The van der Waals surface area contributed by atoms with Crippen molar-refractivity contribution in [3.8, 4) is 0 Å². The van der Waals surface area contributed by atoms with Gasteiger partial charge < -0.3 is 15.5 Å². The molecule has 108 valence electrons. The monoisotopic (exact) mass is 315 g/mol. The lowest BCUT2D eigenvalue weighted by molar-refractivity contribution is -0.143. The normalized spacial score (nSPS) is 15.1. The molecule has 1 aromatic rings. The molecule has 5 nitrogen and oxygen atoms in total. The number of carbonyl (C=O) groups excluding carboxylic acids is 2. The summed E-state index contributed by atoms with van der Waals surface area (Å²) in [4.78, 5) is 25.4. The van der Waals surface area contributed by atoms with E-state index in [4.69, 9.17) is 23.2 Å². The number of carbonyl (C=O) groups is 2. The van der Waals surface area contributed by atoms with Crippen LogP contribution in [0.25, 0.3) is 0 Å². The molecule has 0 bridgehead atoms. The zero-order valence-corrected chi connectivity index (χ0v) is 12.5. The number of halogens is 2. The van der Waals surface area contributed by atoms with E-state index in [-0.39, 0.29) is 0 Å². The molecule has 1 aromatic carbocycles. The van der Waals surface area contributed by atoms with Crippen LogP contribution in [-0.2, 0) is 9.59 Å². The molecule has 2 amide bonds. The van der Waals surface area contributed by atoms with Gasteiger partial charge in [0.05, 0.1) is 10.7 Å². The molecule has 1 fully saturated rings. The van der Waals surface area contributed by atoms with Gasteiger partial charge in [0.15, 0.2) is 0 Å². The van der Waals surface area contributed by atoms with Crippen LogP contribution in [0.1, 0.15) is 5.56 Å². The smallest absolute Gasteiger partial charge is 0.313 e. The number of rotatable bonds is 1. The van der Waals surface area contributed by atoms with Crippen molar-refractivity contribution in [3.05, 3.63) is 27.7 Å². The van der Waals surface area contributed by atoms with Crippen molar-refractivity contribution in [2.75, 3.05) is 31.5 Å². The highest BCUT2D eigenvalue weighted by Gasteiger charge is 2.23. The molecule has 1 aliphatic rings. The van der Waals surface area contributed by atoms with E-state index in [0.29, 0.717) is 41.9 Å². The molecule has 0 atom stereocenters. The highest BCUT2D eigenvalue weighted by atomic mass is 35.5. The minimum atomic E-state index is -0.700. The molecule has 0 aromatic heterocycles. The van der Waals surface area contributed by atoms with Crippen molar-refractivity contribution >= 4 is 40.7 Å². The Balaban J connectivity index is 2.07. The maximum absolute atomic E-state index is 12.0. The number of benzene rings is 1. The molecule has 1 aliphatic heterocycles. The quantitative estimate of drug-likeness (QED) is 0.775. The highest BCUT2D eigenvalue weighted by molar-refractivity contribution is 6.42. The third-order valence-electron chi connectivity index (χ3n) is 3.09.